The van der Waals surface area contributed by atoms with Crippen molar-refractivity contribution in [1.82, 2.24) is 4.90 Å². The molecule has 0 aromatic rings. The van der Waals surface area contributed by atoms with E-state index in [1.54, 1.807) is 0 Å². The number of cyclic esters (lactones) is 2. The van der Waals surface area contributed by atoms with Crippen molar-refractivity contribution in [3.05, 3.63) is 0 Å². The average Bonchev–Trinajstić information content (AvgIpc) is 2.34. The van der Waals surface area contributed by atoms with Crippen molar-refractivity contribution in [1.29, 1.82) is 0 Å². The van der Waals surface area contributed by atoms with Crippen LogP contribution in [0, 0.1) is 5.41 Å². The summed E-state index contributed by atoms with van der Waals surface area (Å²) in [5.41, 5.74) is -0.469. The van der Waals surface area contributed by atoms with Gasteiger partial charge in [-0.25, -0.2) is 0 Å². The van der Waals surface area contributed by atoms with E-state index in [1.807, 2.05) is 7.05 Å². The number of hydrogen-bond acceptors (Lipinski definition) is 4. The van der Waals surface area contributed by atoms with Crippen molar-refractivity contribution in [3.63, 3.8) is 0 Å². The minimum atomic E-state index is -0.469. The van der Waals surface area contributed by atoms with Crippen LogP contribution in [0.3, 0.4) is 0 Å². The molecule has 0 bridgehead atoms. The highest BCUT2D eigenvalue weighted by Crippen LogP contribution is 2.40. The van der Waals surface area contributed by atoms with Crippen LogP contribution in [0.1, 0.15) is 19.3 Å². The molecule has 0 aliphatic carbocycles. The molecule has 2 aliphatic rings. The predicted octanol–water partition coefficient (Wildman–Crippen LogP) is 0.172. The SMILES string of the molecule is CN1CCC2(CC1)CC(=O)OC2=O. The van der Waals surface area contributed by atoms with Crippen LogP contribution in [0.25, 0.3) is 0 Å². The average molecular weight is 183 g/mol. The van der Waals surface area contributed by atoms with Gasteiger partial charge in [-0.3, -0.25) is 9.59 Å². The van der Waals surface area contributed by atoms with Gasteiger partial charge < -0.3 is 9.64 Å². The molecule has 2 fully saturated rings. The number of hydrogen-bond donors (Lipinski definition) is 0. The van der Waals surface area contributed by atoms with Crippen molar-refractivity contribution >= 4 is 11.9 Å². The van der Waals surface area contributed by atoms with Crippen molar-refractivity contribution in [3.8, 4) is 0 Å². The number of carbonyl (C=O) groups excluding carboxylic acids is 2. The van der Waals surface area contributed by atoms with Crippen molar-refractivity contribution < 1.29 is 14.3 Å². The van der Waals surface area contributed by atoms with Gasteiger partial charge in [0.15, 0.2) is 0 Å². The quantitative estimate of drug-likeness (QED) is 0.397. The third kappa shape index (κ3) is 1.35. The molecule has 4 heteroatoms. The van der Waals surface area contributed by atoms with Gasteiger partial charge in [0.2, 0.25) is 0 Å². The first-order valence-corrected chi connectivity index (χ1v) is 4.56. The molecule has 0 aromatic heterocycles. The van der Waals surface area contributed by atoms with Crippen LogP contribution < -0.4 is 0 Å². The van der Waals surface area contributed by atoms with Gasteiger partial charge in [-0.05, 0) is 33.0 Å². The summed E-state index contributed by atoms with van der Waals surface area (Å²) in [6.07, 6.45) is 1.81. The normalized spacial score (nSPS) is 28.1. The van der Waals surface area contributed by atoms with E-state index in [0.29, 0.717) is 6.42 Å². The fraction of sp³-hybridized carbons (Fsp3) is 0.778. The second-order valence-electron chi connectivity index (χ2n) is 4.02. The topological polar surface area (TPSA) is 46.6 Å². The molecule has 0 N–H and O–H groups in total. The lowest BCUT2D eigenvalue weighted by atomic mass is 9.77. The molecule has 1 spiro atoms. The van der Waals surface area contributed by atoms with Gasteiger partial charge in [0.05, 0.1) is 11.8 Å². The molecule has 0 saturated carbocycles. The smallest absolute Gasteiger partial charge is 0.320 e. The zero-order chi connectivity index (χ0) is 9.47. The second-order valence-corrected chi connectivity index (χ2v) is 4.02. The van der Waals surface area contributed by atoms with Crippen LogP contribution >= 0.6 is 0 Å². The Kier molecular flexibility index (Phi) is 1.87. The first kappa shape index (κ1) is 8.69. The van der Waals surface area contributed by atoms with Crippen LogP contribution in [0.5, 0.6) is 0 Å². The third-order valence-electron chi connectivity index (χ3n) is 3.07. The van der Waals surface area contributed by atoms with Gasteiger partial charge >= 0.3 is 11.9 Å². The molecule has 2 rings (SSSR count). The molecular formula is C9H13NO3. The largest absolute Gasteiger partial charge is 0.393 e. The Labute approximate surface area is 76.8 Å². The van der Waals surface area contributed by atoms with E-state index in [9.17, 15) is 9.59 Å². The van der Waals surface area contributed by atoms with Crippen LogP contribution in [-0.4, -0.2) is 37.0 Å². The number of nitrogens with zero attached hydrogens (tertiary/aromatic N) is 1. The highest BCUT2D eigenvalue weighted by Gasteiger charge is 2.49. The van der Waals surface area contributed by atoms with Crippen LogP contribution in [0.2, 0.25) is 0 Å². The minimum Gasteiger partial charge on any atom is -0.393 e. The fourth-order valence-corrected chi connectivity index (χ4v) is 2.02. The van der Waals surface area contributed by atoms with E-state index < -0.39 is 5.41 Å². The number of carbonyl (C=O) groups is 2. The van der Waals surface area contributed by atoms with Gasteiger partial charge in [-0.15, -0.1) is 0 Å². The van der Waals surface area contributed by atoms with Gasteiger partial charge in [0.1, 0.15) is 0 Å². The van der Waals surface area contributed by atoms with Gasteiger partial charge in [0, 0.05) is 0 Å². The lowest BCUT2D eigenvalue weighted by Crippen LogP contribution is -2.40. The Morgan fingerprint density at radius 1 is 1.31 bits per heavy atom. The summed E-state index contributed by atoms with van der Waals surface area (Å²) in [4.78, 5) is 24.5. The first-order valence-electron chi connectivity index (χ1n) is 4.56. The molecule has 0 aromatic carbocycles. The summed E-state index contributed by atoms with van der Waals surface area (Å²) in [6, 6.07) is 0. The van der Waals surface area contributed by atoms with E-state index in [4.69, 9.17) is 0 Å². The second kappa shape index (κ2) is 2.80. The number of ether oxygens (including phenoxy) is 1. The summed E-state index contributed by atoms with van der Waals surface area (Å²) >= 11 is 0. The molecule has 0 amide bonds. The van der Waals surface area contributed by atoms with Crippen LogP contribution in [-0.2, 0) is 14.3 Å². The Balaban J connectivity index is 2.13. The number of likely N-dealkylation sites (tertiary alicyclic amines) is 1. The zero-order valence-electron chi connectivity index (χ0n) is 7.71. The van der Waals surface area contributed by atoms with E-state index in [-0.39, 0.29) is 11.9 Å². The van der Waals surface area contributed by atoms with E-state index >= 15 is 0 Å². The van der Waals surface area contributed by atoms with E-state index in [2.05, 4.69) is 9.64 Å². The monoisotopic (exact) mass is 183 g/mol. The maximum Gasteiger partial charge on any atom is 0.320 e. The number of esters is 2. The third-order valence-corrected chi connectivity index (χ3v) is 3.07. The summed E-state index contributed by atoms with van der Waals surface area (Å²) in [5.74, 6) is -0.653. The molecule has 13 heavy (non-hydrogen) atoms. The summed E-state index contributed by atoms with van der Waals surface area (Å²) in [5, 5.41) is 0. The lowest BCUT2D eigenvalue weighted by Gasteiger charge is -2.33. The van der Waals surface area contributed by atoms with E-state index in [1.165, 1.54) is 0 Å². The molecule has 72 valence electrons. The van der Waals surface area contributed by atoms with Crippen molar-refractivity contribution in [2.24, 2.45) is 5.41 Å². The zero-order valence-corrected chi connectivity index (χ0v) is 7.71. The van der Waals surface area contributed by atoms with Crippen LogP contribution in [0.15, 0.2) is 0 Å². The van der Waals surface area contributed by atoms with Gasteiger partial charge in [-0.1, -0.05) is 0 Å². The van der Waals surface area contributed by atoms with E-state index in [0.717, 1.165) is 25.9 Å². The molecule has 0 atom stereocenters. The standard InChI is InChI=1S/C9H13NO3/c1-10-4-2-9(3-5-10)6-7(11)13-8(9)12/h2-6H2,1H3. The molecule has 0 radical (unpaired) electrons. The van der Waals surface area contributed by atoms with Crippen LogP contribution in [0.4, 0.5) is 0 Å². The molecule has 0 unspecified atom stereocenters. The Bertz CT molecular complexity index is 254. The number of piperidine rings is 1. The molecular weight excluding hydrogens is 170 g/mol. The van der Waals surface area contributed by atoms with Gasteiger partial charge in [-0.2, -0.15) is 0 Å². The Hall–Kier alpha value is -0.900. The Morgan fingerprint density at radius 2 is 1.92 bits per heavy atom. The Morgan fingerprint density at radius 3 is 2.38 bits per heavy atom. The first-order chi connectivity index (χ1) is 6.12. The molecule has 2 saturated heterocycles. The maximum atomic E-state index is 11.4. The molecule has 4 nitrogen and oxygen atoms in total. The predicted molar refractivity (Wildman–Crippen MR) is 44.9 cm³/mol. The minimum absolute atomic E-state index is 0.291. The molecule has 2 heterocycles. The van der Waals surface area contributed by atoms with Gasteiger partial charge in [0.25, 0.3) is 0 Å². The summed E-state index contributed by atoms with van der Waals surface area (Å²) in [6.45, 7) is 1.75. The summed E-state index contributed by atoms with van der Waals surface area (Å²) in [7, 11) is 2.02. The highest BCUT2D eigenvalue weighted by atomic mass is 16.6. The lowest BCUT2D eigenvalue weighted by molar-refractivity contribution is -0.156. The highest BCUT2D eigenvalue weighted by molar-refractivity contribution is 5.97. The van der Waals surface area contributed by atoms with Crippen molar-refractivity contribution in [2.75, 3.05) is 20.1 Å². The fourth-order valence-electron chi connectivity index (χ4n) is 2.02. The molecule has 2 aliphatic heterocycles. The van der Waals surface area contributed by atoms with Crippen molar-refractivity contribution in [2.45, 2.75) is 19.3 Å². The summed E-state index contributed by atoms with van der Waals surface area (Å²) < 4.78 is 4.59. The number of rotatable bonds is 0. The maximum absolute atomic E-state index is 11.4.